The van der Waals surface area contributed by atoms with Crippen LogP contribution in [0.5, 0.6) is 0 Å². The predicted octanol–water partition coefficient (Wildman–Crippen LogP) is 1.49. The molecular formula is C13H20N2O2. The predicted molar refractivity (Wildman–Crippen MR) is 68.4 cm³/mol. The van der Waals surface area contributed by atoms with E-state index in [1.54, 1.807) is 18.2 Å². The molecule has 0 aliphatic heterocycles. The second-order valence-corrected chi connectivity index (χ2v) is 4.12. The second-order valence-electron chi connectivity index (χ2n) is 4.12. The van der Waals surface area contributed by atoms with Gasteiger partial charge in [0.05, 0.1) is 6.61 Å². The Labute approximate surface area is 102 Å². The zero-order valence-corrected chi connectivity index (χ0v) is 10.1. The Bertz CT molecular complexity index is 362. The maximum Gasteiger partial charge on any atom is 0.224 e. The molecule has 0 radical (unpaired) electrons. The van der Waals surface area contributed by atoms with Crippen LogP contribution in [0.3, 0.4) is 0 Å². The summed E-state index contributed by atoms with van der Waals surface area (Å²) in [5.74, 6) is 0.202. The van der Waals surface area contributed by atoms with Crippen LogP contribution in [-0.4, -0.2) is 17.6 Å². The maximum absolute atomic E-state index is 11.7. The average molecular weight is 236 g/mol. The van der Waals surface area contributed by atoms with Gasteiger partial charge in [-0.25, -0.2) is 0 Å². The van der Waals surface area contributed by atoms with Gasteiger partial charge in [0.1, 0.15) is 0 Å². The first-order valence-electron chi connectivity index (χ1n) is 5.89. The van der Waals surface area contributed by atoms with Crippen LogP contribution in [0.1, 0.15) is 25.3 Å². The molecule has 0 aliphatic rings. The topological polar surface area (TPSA) is 75.4 Å². The summed E-state index contributed by atoms with van der Waals surface area (Å²) in [7, 11) is 0. The lowest BCUT2D eigenvalue weighted by atomic mass is 10.0. The second kappa shape index (κ2) is 7.04. The van der Waals surface area contributed by atoms with E-state index in [4.69, 9.17) is 10.8 Å². The van der Waals surface area contributed by atoms with Crippen LogP contribution in [0.2, 0.25) is 0 Å². The van der Waals surface area contributed by atoms with E-state index in [2.05, 4.69) is 5.32 Å². The molecule has 4 N–H and O–H groups in total. The molecule has 0 spiro atoms. The third-order valence-corrected chi connectivity index (χ3v) is 2.78. The summed E-state index contributed by atoms with van der Waals surface area (Å²) in [5.41, 5.74) is 7.06. The van der Waals surface area contributed by atoms with E-state index in [0.29, 0.717) is 18.7 Å². The van der Waals surface area contributed by atoms with E-state index in [9.17, 15) is 4.79 Å². The minimum absolute atomic E-state index is 0.0237. The van der Waals surface area contributed by atoms with Crippen LogP contribution >= 0.6 is 0 Å². The van der Waals surface area contributed by atoms with Gasteiger partial charge in [0, 0.05) is 12.1 Å². The number of amides is 1. The summed E-state index contributed by atoms with van der Waals surface area (Å²) >= 11 is 0. The molecule has 0 aromatic heterocycles. The molecule has 4 nitrogen and oxygen atoms in total. The van der Waals surface area contributed by atoms with Gasteiger partial charge >= 0.3 is 0 Å². The molecule has 1 amide bonds. The molecule has 0 heterocycles. The number of nitrogens with one attached hydrogen (secondary N) is 1. The standard InChI is InChI=1S/C13H20N2O2/c1-2-10(8-14)7-13(17)15-12-5-3-4-11(6-12)9-16/h3-6,10,16H,2,7-9,14H2,1H3,(H,15,17). The van der Waals surface area contributed by atoms with Crippen molar-refractivity contribution in [3.63, 3.8) is 0 Å². The minimum Gasteiger partial charge on any atom is -0.392 e. The molecule has 0 saturated carbocycles. The Morgan fingerprint density at radius 1 is 1.53 bits per heavy atom. The van der Waals surface area contributed by atoms with Crippen molar-refractivity contribution in [1.29, 1.82) is 0 Å². The molecule has 17 heavy (non-hydrogen) atoms. The quantitative estimate of drug-likeness (QED) is 0.700. The lowest BCUT2D eigenvalue weighted by Gasteiger charge is -2.12. The zero-order chi connectivity index (χ0) is 12.7. The van der Waals surface area contributed by atoms with Gasteiger partial charge in [-0.15, -0.1) is 0 Å². The van der Waals surface area contributed by atoms with Gasteiger partial charge in [-0.3, -0.25) is 4.79 Å². The van der Waals surface area contributed by atoms with Gasteiger partial charge in [0.25, 0.3) is 0 Å². The van der Waals surface area contributed by atoms with Gasteiger partial charge in [0.2, 0.25) is 5.91 Å². The Morgan fingerprint density at radius 2 is 2.29 bits per heavy atom. The minimum atomic E-state index is -0.0302. The first-order chi connectivity index (χ1) is 8.19. The monoisotopic (exact) mass is 236 g/mol. The summed E-state index contributed by atoms with van der Waals surface area (Å²) in [5, 5.41) is 11.8. The van der Waals surface area contributed by atoms with E-state index in [0.717, 1.165) is 12.0 Å². The number of rotatable bonds is 6. The first kappa shape index (κ1) is 13.7. The van der Waals surface area contributed by atoms with Crippen LogP contribution < -0.4 is 11.1 Å². The Hall–Kier alpha value is -1.39. The number of aliphatic hydroxyl groups is 1. The van der Waals surface area contributed by atoms with Crippen molar-refractivity contribution >= 4 is 11.6 Å². The van der Waals surface area contributed by atoms with Crippen molar-refractivity contribution in [2.75, 3.05) is 11.9 Å². The summed E-state index contributed by atoms with van der Waals surface area (Å²) in [6.07, 6.45) is 1.34. The molecule has 1 atom stereocenters. The van der Waals surface area contributed by atoms with Gasteiger partial charge in [-0.1, -0.05) is 25.5 Å². The number of hydrogen-bond acceptors (Lipinski definition) is 3. The Kier molecular flexibility index (Phi) is 5.66. The van der Waals surface area contributed by atoms with E-state index in [-0.39, 0.29) is 18.4 Å². The molecule has 0 aliphatic carbocycles. The molecule has 1 aromatic carbocycles. The maximum atomic E-state index is 11.7. The lowest BCUT2D eigenvalue weighted by molar-refractivity contribution is -0.117. The van der Waals surface area contributed by atoms with Crippen molar-refractivity contribution in [3.8, 4) is 0 Å². The number of benzene rings is 1. The average Bonchev–Trinajstić information content (AvgIpc) is 2.36. The summed E-state index contributed by atoms with van der Waals surface area (Å²) in [6, 6.07) is 7.19. The van der Waals surface area contributed by atoms with Crippen molar-refractivity contribution in [3.05, 3.63) is 29.8 Å². The van der Waals surface area contributed by atoms with Crippen molar-refractivity contribution in [1.82, 2.24) is 0 Å². The highest BCUT2D eigenvalue weighted by Crippen LogP contribution is 2.13. The van der Waals surface area contributed by atoms with Crippen molar-refractivity contribution in [2.45, 2.75) is 26.4 Å². The SMILES string of the molecule is CCC(CN)CC(=O)Nc1cccc(CO)c1. The normalized spacial score (nSPS) is 12.2. The molecule has 4 heteroatoms. The molecule has 1 rings (SSSR count). The van der Waals surface area contributed by atoms with Crippen LogP contribution in [0.4, 0.5) is 5.69 Å². The van der Waals surface area contributed by atoms with E-state index in [1.165, 1.54) is 0 Å². The number of anilines is 1. The van der Waals surface area contributed by atoms with Crippen molar-refractivity contribution < 1.29 is 9.90 Å². The summed E-state index contributed by atoms with van der Waals surface area (Å²) in [6.45, 7) is 2.53. The number of carbonyl (C=O) groups is 1. The largest absolute Gasteiger partial charge is 0.392 e. The van der Waals surface area contributed by atoms with Gasteiger partial charge < -0.3 is 16.2 Å². The van der Waals surface area contributed by atoms with Gasteiger partial charge in [-0.2, -0.15) is 0 Å². The third kappa shape index (κ3) is 4.54. The Balaban J connectivity index is 2.55. The molecule has 0 saturated heterocycles. The Morgan fingerprint density at radius 3 is 2.88 bits per heavy atom. The smallest absolute Gasteiger partial charge is 0.224 e. The van der Waals surface area contributed by atoms with E-state index >= 15 is 0 Å². The van der Waals surface area contributed by atoms with Gasteiger partial charge in [-0.05, 0) is 30.2 Å². The molecular weight excluding hydrogens is 216 g/mol. The number of hydrogen-bond donors (Lipinski definition) is 3. The van der Waals surface area contributed by atoms with Crippen LogP contribution in [-0.2, 0) is 11.4 Å². The summed E-state index contributed by atoms with van der Waals surface area (Å²) < 4.78 is 0. The highest BCUT2D eigenvalue weighted by atomic mass is 16.3. The highest BCUT2D eigenvalue weighted by Gasteiger charge is 2.10. The first-order valence-corrected chi connectivity index (χ1v) is 5.89. The number of aliphatic hydroxyl groups excluding tert-OH is 1. The lowest BCUT2D eigenvalue weighted by Crippen LogP contribution is -2.21. The molecule has 0 bridgehead atoms. The molecule has 1 aromatic rings. The van der Waals surface area contributed by atoms with E-state index < -0.39 is 0 Å². The van der Waals surface area contributed by atoms with Crippen molar-refractivity contribution in [2.24, 2.45) is 11.7 Å². The third-order valence-electron chi connectivity index (χ3n) is 2.78. The molecule has 94 valence electrons. The van der Waals surface area contributed by atoms with Crippen LogP contribution in [0.25, 0.3) is 0 Å². The highest BCUT2D eigenvalue weighted by molar-refractivity contribution is 5.90. The summed E-state index contributed by atoms with van der Waals surface area (Å²) in [4.78, 5) is 11.7. The fourth-order valence-corrected chi connectivity index (χ4v) is 1.62. The van der Waals surface area contributed by atoms with E-state index in [1.807, 2.05) is 13.0 Å². The van der Waals surface area contributed by atoms with Crippen LogP contribution in [0, 0.1) is 5.92 Å². The fourth-order valence-electron chi connectivity index (χ4n) is 1.62. The molecule has 1 unspecified atom stereocenters. The number of carbonyl (C=O) groups excluding carboxylic acids is 1. The zero-order valence-electron chi connectivity index (χ0n) is 10.1. The van der Waals surface area contributed by atoms with Crippen LogP contribution in [0.15, 0.2) is 24.3 Å². The molecule has 0 fully saturated rings. The fraction of sp³-hybridized carbons (Fsp3) is 0.462. The number of nitrogens with two attached hydrogens (primary N) is 1. The van der Waals surface area contributed by atoms with Gasteiger partial charge in [0.15, 0.2) is 0 Å².